The summed E-state index contributed by atoms with van der Waals surface area (Å²) in [5.74, 6) is 6.00. The SMILES string of the molecule is CN(CCN1CCCC1)Cc1ccc(NN)nc1. The van der Waals surface area contributed by atoms with Gasteiger partial charge < -0.3 is 15.2 Å². The second-order valence-corrected chi connectivity index (χ2v) is 4.98. The van der Waals surface area contributed by atoms with E-state index in [1.165, 1.54) is 38.0 Å². The lowest BCUT2D eigenvalue weighted by atomic mass is 10.2. The van der Waals surface area contributed by atoms with Crippen LogP contribution < -0.4 is 11.3 Å². The van der Waals surface area contributed by atoms with E-state index in [2.05, 4.69) is 33.3 Å². The molecular weight excluding hydrogens is 226 g/mol. The van der Waals surface area contributed by atoms with Gasteiger partial charge in [0.1, 0.15) is 5.82 Å². The highest BCUT2D eigenvalue weighted by molar-refractivity contribution is 5.33. The van der Waals surface area contributed by atoms with E-state index in [9.17, 15) is 0 Å². The molecule has 5 nitrogen and oxygen atoms in total. The Kier molecular flexibility index (Phi) is 4.92. The number of nitrogens with zero attached hydrogens (tertiary/aromatic N) is 3. The number of hydrogen-bond acceptors (Lipinski definition) is 5. The van der Waals surface area contributed by atoms with E-state index in [1.807, 2.05) is 12.3 Å². The number of nitrogens with one attached hydrogen (secondary N) is 1. The lowest BCUT2D eigenvalue weighted by Crippen LogP contribution is -2.31. The Morgan fingerprint density at radius 1 is 1.39 bits per heavy atom. The van der Waals surface area contributed by atoms with Crippen LogP contribution in [0.25, 0.3) is 0 Å². The van der Waals surface area contributed by atoms with Crippen LogP contribution in [0.1, 0.15) is 18.4 Å². The number of nitrogen functional groups attached to an aromatic ring is 1. The number of pyridine rings is 1. The maximum atomic E-state index is 5.29. The first-order chi connectivity index (χ1) is 8.78. The van der Waals surface area contributed by atoms with Gasteiger partial charge in [-0.05, 0) is 44.6 Å². The number of likely N-dealkylation sites (N-methyl/N-ethyl adjacent to an activating group) is 1. The van der Waals surface area contributed by atoms with Crippen molar-refractivity contribution in [2.45, 2.75) is 19.4 Å². The minimum atomic E-state index is 0.707. The summed E-state index contributed by atoms with van der Waals surface area (Å²) in [6, 6.07) is 3.97. The topological polar surface area (TPSA) is 57.4 Å². The van der Waals surface area contributed by atoms with Crippen molar-refractivity contribution in [3.8, 4) is 0 Å². The Labute approximate surface area is 109 Å². The van der Waals surface area contributed by atoms with E-state index in [0.717, 1.165) is 13.1 Å². The molecule has 2 rings (SSSR count). The molecule has 0 unspecified atom stereocenters. The Balaban J connectivity index is 1.73. The molecule has 1 aliphatic rings. The maximum Gasteiger partial charge on any atom is 0.139 e. The summed E-state index contributed by atoms with van der Waals surface area (Å²) in [4.78, 5) is 9.09. The Hall–Kier alpha value is -1.17. The molecule has 1 aromatic heterocycles. The van der Waals surface area contributed by atoms with Crippen molar-refractivity contribution in [1.29, 1.82) is 0 Å². The van der Waals surface area contributed by atoms with Gasteiger partial charge in [-0.3, -0.25) is 0 Å². The van der Waals surface area contributed by atoms with Gasteiger partial charge in [0.05, 0.1) is 0 Å². The van der Waals surface area contributed by atoms with E-state index in [0.29, 0.717) is 5.82 Å². The van der Waals surface area contributed by atoms with Crippen molar-refractivity contribution in [2.24, 2.45) is 5.84 Å². The second kappa shape index (κ2) is 6.68. The molecule has 0 bridgehead atoms. The largest absolute Gasteiger partial charge is 0.308 e. The molecular formula is C13H23N5. The molecule has 1 fully saturated rings. The van der Waals surface area contributed by atoms with Gasteiger partial charge in [-0.2, -0.15) is 0 Å². The summed E-state index contributed by atoms with van der Waals surface area (Å²) in [5.41, 5.74) is 3.76. The molecule has 18 heavy (non-hydrogen) atoms. The summed E-state index contributed by atoms with van der Waals surface area (Å²) in [7, 11) is 2.16. The predicted molar refractivity (Wildman–Crippen MR) is 74.1 cm³/mol. The molecule has 0 radical (unpaired) electrons. The zero-order valence-electron chi connectivity index (χ0n) is 11.1. The van der Waals surface area contributed by atoms with Gasteiger partial charge in [-0.25, -0.2) is 10.8 Å². The third-order valence-corrected chi connectivity index (χ3v) is 3.42. The number of likely N-dealkylation sites (tertiary alicyclic amines) is 1. The molecule has 2 heterocycles. The van der Waals surface area contributed by atoms with E-state index in [4.69, 9.17) is 5.84 Å². The van der Waals surface area contributed by atoms with E-state index in [-0.39, 0.29) is 0 Å². The molecule has 0 aliphatic carbocycles. The highest BCUT2D eigenvalue weighted by Crippen LogP contribution is 2.08. The van der Waals surface area contributed by atoms with E-state index < -0.39 is 0 Å². The highest BCUT2D eigenvalue weighted by atomic mass is 15.2. The fraction of sp³-hybridized carbons (Fsp3) is 0.615. The van der Waals surface area contributed by atoms with Gasteiger partial charge in [0, 0.05) is 25.8 Å². The van der Waals surface area contributed by atoms with Crippen LogP contribution in [0.4, 0.5) is 5.82 Å². The normalized spacial score (nSPS) is 16.4. The lowest BCUT2D eigenvalue weighted by molar-refractivity contribution is 0.252. The van der Waals surface area contributed by atoms with Crippen molar-refractivity contribution in [3.05, 3.63) is 23.9 Å². The minimum Gasteiger partial charge on any atom is -0.308 e. The van der Waals surface area contributed by atoms with Crippen molar-refractivity contribution in [3.63, 3.8) is 0 Å². The third-order valence-electron chi connectivity index (χ3n) is 3.42. The van der Waals surface area contributed by atoms with Crippen molar-refractivity contribution < 1.29 is 0 Å². The fourth-order valence-corrected chi connectivity index (χ4v) is 2.31. The number of aromatic nitrogens is 1. The van der Waals surface area contributed by atoms with E-state index >= 15 is 0 Å². The summed E-state index contributed by atoms with van der Waals surface area (Å²) >= 11 is 0. The number of hydrazine groups is 1. The quantitative estimate of drug-likeness (QED) is 0.579. The van der Waals surface area contributed by atoms with Crippen molar-refractivity contribution in [1.82, 2.24) is 14.8 Å². The van der Waals surface area contributed by atoms with Gasteiger partial charge in [0.2, 0.25) is 0 Å². The minimum absolute atomic E-state index is 0.707. The average molecular weight is 249 g/mol. The second-order valence-electron chi connectivity index (χ2n) is 4.98. The third kappa shape index (κ3) is 3.94. The molecule has 0 aromatic carbocycles. The van der Waals surface area contributed by atoms with Gasteiger partial charge in [0.25, 0.3) is 0 Å². The number of nitrogens with two attached hydrogens (primary N) is 1. The van der Waals surface area contributed by atoms with Crippen molar-refractivity contribution >= 4 is 5.82 Å². The summed E-state index contributed by atoms with van der Waals surface area (Å²) in [6.07, 6.45) is 4.60. The van der Waals surface area contributed by atoms with Gasteiger partial charge in [-0.15, -0.1) is 0 Å². The number of hydrogen-bond donors (Lipinski definition) is 2. The monoisotopic (exact) mass is 249 g/mol. The number of anilines is 1. The van der Waals surface area contributed by atoms with Crippen LogP contribution in [0.5, 0.6) is 0 Å². The predicted octanol–water partition coefficient (Wildman–Crippen LogP) is 0.895. The van der Waals surface area contributed by atoms with Crippen LogP contribution >= 0.6 is 0 Å². The molecule has 0 spiro atoms. The Morgan fingerprint density at radius 2 is 2.17 bits per heavy atom. The maximum absolute atomic E-state index is 5.29. The molecule has 3 N–H and O–H groups in total. The summed E-state index contributed by atoms with van der Waals surface area (Å²) in [5, 5.41) is 0. The van der Waals surface area contributed by atoms with Crippen LogP contribution in [0, 0.1) is 0 Å². The summed E-state index contributed by atoms with van der Waals surface area (Å²) < 4.78 is 0. The first kappa shape index (κ1) is 13.3. The molecule has 1 saturated heterocycles. The highest BCUT2D eigenvalue weighted by Gasteiger charge is 2.11. The molecule has 0 atom stereocenters. The van der Waals surface area contributed by atoms with Crippen molar-refractivity contribution in [2.75, 3.05) is 38.7 Å². The van der Waals surface area contributed by atoms with Crippen LogP contribution in [0.15, 0.2) is 18.3 Å². The van der Waals surface area contributed by atoms with Gasteiger partial charge >= 0.3 is 0 Å². The molecule has 1 aliphatic heterocycles. The molecule has 5 heteroatoms. The Bertz CT molecular complexity index is 345. The van der Waals surface area contributed by atoms with Gasteiger partial charge in [0.15, 0.2) is 0 Å². The zero-order chi connectivity index (χ0) is 12.8. The smallest absolute Gasteiger partial charge is 0.139 e. The Morgan fingerprint density at radius 3 is 2.78 bits per heavy atom. The van der Waals surface area contributed by atoms with Crippen LogP contribution in [0.3, 0.4) is 0 Å². The van der Waals surface area contributed by atoms with Crippen LogP contribution in [0.2, 0.25) is 0 Å². The van der Waals surface area contributed by atoms with E-state index in [1.54, 1.807) is 0 Å². The lowest BCUT2D eigenvalue weighted by Gasteiger charge is -2.21. The first-order valence-electron chi connectivity index (χ1n) is 6.60. The van der Waals surface area contributed by atoms with Gasteiger partial charge in [-0.1, -0.05) is 6.07 Å². The fourth-order valence-electron chi connectivity index (χ4n) is 2.31. The molecule has 0 amide bonds. The standard InChI is InChI=1S/C13H23N5/c1-17(8-9-18-6-2-3-7-18)11-12-4-5-13(16-14)15-10-12/h4-5,10H,2-3,6-9,11,14H2,1H3,(H,15,16). The average Bonchev–Trinajstić information content (AvgIpc) is 2.90. The molecule has 0 saturated carbocycles. The van der Waals surface area contributed by atoms with Crippen LogP contribution in [-0.2, 0) is 6.54 Å². The molecule has 100 valence electrons. The molecule has 1 aromatic rings. The first-order valence-corrected chi connectivity index (χ1v) is 6.60. The summed E-state index contributed by atoms with van der Waals surface area (Å²) in [6.45, 7) is 5.76. The van der Waals surface area contributed by atoms with Crippen LogP contribution in [-0.4, -0.2) is 48.0 Å². The number of rotatable bonds is 6. The zero-order valence-corrected chi connectivity index (χ0v) is 11.1.